The zero-order valence-electron chi connectivity index (χ0n) is 10.2. The third-order valence-electron chi connectivity index (χ3n) is 2.51. The fraction of sp³-hybridized carbons (Fsp3) is 0.583. The lowest BCUT2D eigenvalue weighted by Gasteiger charge is -2.30. The van der Waals surface area contributed by atoms with E-state index < -0.39 is 0 Å². The summed E-state index contributed by atoms with van der Waals surface area (Å²) in [6.07, 6.45) is 1.78. The molecule has 0 aliphatic carbocycles. The van der Waals surface area contributed by atoms with E-state index in [1.807, 2.05) is 19.2 Å². The van der Waals surface area contributed by atoms with Crippen LogP contribution in [0.15, 0.2) is 23.4 Å². The zero-order chi connectivity index (χ0) is 12.2. The number of hydrogen-bond donors (Lipinski definition) is 1. The van der Waals surface area contributed by atoms with E-state index in [-0.39, 0.29) is 5.41 Å². The molecule has 0 aliphatic rings. The molecule has 1 N–H and O–H groups in total. The van der Waals surface area contributed by atoms with E-state index in [1.165, 1.54) is 0 Å². The summed E-state index contributed by atoms with van der Waals surface area (Å²) in [7, 11) is 2.00. The van der Waals surface area contributed by atoms with Crippen LogP contribution in [0, 0.1) is 5.41 Å². The van der Waals surface area contributed by atoms with E-state index in [4.69, 9.17) is 11.6 Å². The normalized spacial score (nSPS) is 13.8. The summed E-state index contributed by atoms with van der Waals surface area (Å²) in [6, 6.07) is 4.17. The number of nitrogens with zero attached hydrogens (tertiary/aromatic N) is 1. The summed E-state index contributed by atoms with van der Waals surface area (Å²) in [5.74, 6) is 0.969. The standard InChI is InChI=1S/C12H19ClN2S/c1-12(2,3)10(14-4)8-16-11-9(13)6-5-7-15-11/h5-7,10,14H,8H2,1-4H3. The number of rotatable bonds is 4. The van der Waals surface area contributed by atoms with Crippen molar-refractivity contribution < 1.29 is 0 Å². The second kappa shape index (κ2) is 5.89. The van der Waals surface area contributed by atoms with Crippen LogP contribution in [0.4, 0.5) is 0 Å². The van der Waals surface area contributed by atoms with Crippen molar-refractivity contribution in [3.8, 4) is 0 Å². The Morgan fingerprint density at radius 2 is 2.19 bits per heavy atom. The molecule has 0 saturated heterocycles. The molecule has 2 nitrogen and oxygen atoms in total. The van der Waals surface area contributed by atoms with Crippen LogP contribution in [0.2, 0.25) is 5.02 Å². The van der Waals surface area contributed by atoms with Crippen molar-refractivity contribution in [2.24, 2.45) is 5.41 Å². The minimum Gasteiger partial charge on any atom is -0.316 e. The minimum atomic E-state index is 0.239. The summed E-state index contributed by atoms with van der Waals surface area (Å²) >= 11 is 7.76. The molecule has 1 atom stereocenters. The van der Waals surface area contributed by atoms with E-state index in [0.29, 0.717) is 6.04 Å². The minimum absolute atomic E-state index is 0.239. The first-order valence-corrected chi connectivity index (χ1v) is 6.72. The van der Waals surface area contributed by atoms with Crippen LogP contribution in [0.5, 0.6) is 0 Å². The highest BCUT2D eigenvalue weighted by atomic mass is 35.5. The summed E-state index contributed by atoms with van der Waals surface area (Å²) in [4.78, 5) is 4.27. The van der Waals surface area contributed by atoms with Crippen molar-refractivity contribution in [1.29, 1.82) is 0 Å². The van der Waals surface area contributed by atoms with E-state index in [9.17, 15) is 0 Å². The molecule has 1 aromatic heterocycles. The monoisotopic (exact) mass is 258 g/mol. The molecule has 0 radical (unpaired) electrons. The van der Waals surface area contributed by atoms with Crippen molar-refractivity contribution >= 4 is 23.4 Å². The van der Waals surface area contributed by atoms with E-state index in [0.717, 1.165) is 15.8 Å². The quantitative estimate of drug-likeness (QED) is 0.838. The maximum Gasteiger partial charge on any atom is 0.115 e. The number of hydrogen-bond acceptors (Lipinski definition) is 3. The van der Waals surface area contributed by atoms with Gasteiger partial charge in [0.15, 0.2) is 0 Å². The third-order valence-corrected chi connectivity index (χ3v) is 4.02. The highest BCUT2D eigenvalue weighted by Crippen LogP contribution is 2.28. The molecule has 0 saturated carbocycles. The first-order chi connectivity index (χ1) is 7.45. The predicted molar refractivity (Wildman–Crippen MR) is 72.3 cm³/mol. The molecule has 16 heavy (non-hydrogen) atoms. The number of aromatic nitrogens is 1. The molecular formula is C12H19ClN2S. The Kier molecular flexibility index (Phi) is 5.09. The van der Waals surface area contributed by atoms with Gasteiger partial charge in [0.05, 0.1) is 5.02 Å². The van der Waals surface area contributed by atoms with E-state index >= 15 is 0 Å². The molecule has 1 rings (SSSR count). The predicted octanol–water partition coefficient (Wildman–Crippen LogP) is 3.46. The average molecular weight is 259 g/mol. The van der Waals surface area contributed by atoms with Gasteiger partial charge >= 0.3 is 0 Å². The third kappa shape index (κ3) is 3.96. The van der Waals surface area contributed by atoms with Gasteiger partial charge < -0.3 is 5.32 Å². The van der Waals surface area contributed by atoms with Crippen LogP contribution in [0.1, 0.15) is 20.8 Å². The fourth-order valence-electron chi connectivity index (χ4n) is 1.41. The van der Waals surface area contributed by atoms with Crippen LogP contribution in [0.3, 0.4) is 0 Å². The van der Waals surface area contributed by atoms with Crippen LogP contribution >= 0.6 is 23.4 Å². The Balaban J connectivity index is 2.60. The average Bonchev–Trinajstić information content (AvgIpc) is 2.19. The highest BCUT2D eigenvalue weighted by molar-refractivity contribution is 7.99. The van der Waals surface area contributed by atoms with Gasteiger partial charge in [-0.25, -0.2) is 4.98 Å². The molecule has 1 aromatic rings. The fourth-order valence-corrected chi connectivity index (χ4v) is 3.02. The van der Waals surface area contributed by atoms with Crippen LogP contribution < -0.4 is 5.32 Å². The largest absolute Gasteiger partial charge is 0.316 e. The first kappa shape index (κ1) is 13.8. The molecule has 0 spiro atoms. The summed E-state index contributed by atoms with van der Waals surface area (Å²) < 4.78 is 0. The lowest BCUT2D eigenvalue weighted by molar-refractivity contribution is 0.305. The first-order valence-electron chi connectivity index (χ1n) is 5.35. The van der Waals surface area contributed by atoms with Crippen molar-refractivity contribution in [1.82, 2.24) is 10.3 Å². The molecule has 0 amide bonds. The van der Waals surface area contributed by atoms with Gasteiger partial charge in [0.1, 0.15) is 5.03 Å². The Bertz CT molecular complexity index is 336. The summed E-state index contributed by atoms with van der Waals surface area (Å²) in [6.45, 7) is 6.69. The number of nitrogens with one attached hydrogen (secondary N) is 1. The molecule has 0 bridgehead atoms. The van der Waals surface area contributed by atoms with E-state index in [1.54, 1.807) is 18.0 Å². The van der Waals surface area contributed by atoms with Crippen LogP contribution in [-0.2, 0) is 0 Å². The topological polar surface area (TPSA) is 24.9 Å². The Labute approximate surface area is 107 Å². The van der Waals surface area contributed by atoms with Crippen molar-refractivity contribution in [3.05, 3.63) is 23.4 Å². The molecule has 0 aliphatic heterocycles. The lowest BCUT2D eigenvalue weighted by atomic mass is 9.88. The highest BCUT2D eigenvalue weighted by Gasteiger charge is 2.23. The SMILES string of the molecule is CNC(CSc1ncccc1Cl)C(C)(C)C. The Morgan fingerprint density at radius 3 is 2.69 bits per heavy atom. The van der Waals surface area contributed by atoms with Gasteiger partial charge in [-0.1, -0.05) is 32.4 Å². The molecule has 0 fully saturated rings. The Hall–Kier alpha value is -0.250. The molecule has 1 unspecified atom stereocenters. The van der Waals surface area contributed by atoms with Gasteiger partial charge in [-0.3, -0.25) is 0 Å². The second-order valence-electron chi connectivity index (χ2n) is 4.81. The number of thioether (sulfide) groups is 1. The smallest absolute Gasteiger partial charge is 0.115 e. The van der Waals surface area contributed by atoms with Crippen molar-refractivity contribution in [3.63, 3.8) is 0 Å². The van der Waals surface area contributed by atoms with Crippen LogP contribution in [0.25, 0.3) is 0 Å². The second-order valence-corrected chi connectivity index (χ2v) is 6.22. The number of pyridine rings is 1. The maximum absolute atomic E-state index is 6.06. The molecular weight excluding hydrogens is 240 g/mol. The summed E-state index contributed by atoms with van der Waals surface area (Å²) in [5.41, 5.74) is 0.239. The molecule has 4 heteroatoms. The van der Waals surface area contributed by atoms with Gasteiger partial charge in [-0.2, -0.15) is 0 Å². The number of halogens is 1. The lowest BCUT2D eigenvalue weighted by Crippen LogP contribution is -2.40. The van der Waals surface area contributed by atoms with Crippen molar-refractivity contribution in [2.45, 2.75) is 31.8 Å². The zero-order valence-corrected chi connectivity index (χ0v) is 11.8. The van der Waals surface area contributed by atoms with Gasteiger partial charge in [0.2, 0.25) is 0 Å². The molecule has 1 heterocycles. The van der Waals surface area contributed by atoms with Gasteiger partial charge in [-0.05, 0) is 24.6 Å². The Morgan fingerprint density at radius 1 is 1.50 bits per heavy atom. The maximum atomic E-state index is 6.06. The van der Waals surface area contributed by atoms with Gasteiger partial charge in [-0.15, -0.1) is 11.8 Å². The molecule has 0 aromatic carbocycles. The van der Waals surface area contributed by atoms with E-state index in [2.05, 4.69) is 31.1 Å². The molecule has 90 valence electrons. The summed E-state index contributed by atoms with van der Waals surface area (Å²) in [5, 5.41) is 4.98. The van der Waals surface area contributed by atoms with Gasteiger partial charge in [0, 0.05) is 18.0 Å². The van der Waals surface area contributed by atoms with Crippen LogP contribution in [-0.4, -0.2) is 23.8 Å². The van der Waals surface area contributed by atoms with Crippen molar-refractivity contribution in [2.75, 3.05) is 12.8 Å². The van der Waals surface area contributed by atoms with Gasteiger partial charge in [0.25, 0.3) is 0 Å².